The minimum absolute atomic E-state index is 0.120. The molecule has 3 aromatic rings. The van der Waals surface area contributed by atoms with Crippen LogP contribution in [-0.2, 0) is 14.3 Å². The van der Waals surface area contributed by atoms with Crippen LogP contribution in [0.1, 0.15) is 22.8 Å². The number of rotatable bonds is 10. The lowest BCUT2D eigenvalue weighted by molar-refractivity contribution is -0.118. The summed E-state index contributed by atoms with van der Waals surface area (Å²) in [5.41, 5.74) is 4.40. The first kappa shape index (κ1) is 23.0. The Morgan fingerprint density at radius 3 is 2.06 bits per heavy atom. The number of hydrogen-bond donors (Lipinski definition) is 1. The first-order valence-corrected chi connectivity index (χ1v) is 10.5. The van der Waals surface area contributed by atoms with E-state index in [0.717, 1.165) is 11.1 Å². The summed E-state index contributed by atoms with van der Waals surface area (Å²) in [6, 6.07) is 22.4. The van der Waals surface area contributed by atoms with Crippen molar-refractivity contribution in [3.63, 3.8) is 0 Å². The average Bonchev–Trinajstić information content (AvgIpc) is 2.82. The van der Waals surface area contributed by atoms with Crippen molar-refractivity contribution in [1.82, 2.24) is 0 Å². The van der Waals surface area contributed by atoms with E-state index in [2.05, 4.69) is 36.5 Å². The van der Waals surface area contributed by atoms with Gasteiger partial charge in [-0.05, 0) is 61.4 Å². The van der Waals surface area contributed by atoms with Crippen molar-refractivity contribution in [3.05, 3.63) is 83.9 Å². The van der Waals surface area contributed by atoms with E-state index < -0.39 is 5.97 Å². The lowest BCUT2D eigenvalue weighted by Gasteiger charge is -2.09. The molecule has 32 heavy (non-hydrogen) atoms. The van der Waals surface area contributed by atoms with Crippen molar-refractivity contribution >= 4 is 17.6 Å². The van der Waals surface area contributed by atoms with Crippen LogP contribution in [0.15, 0.2) is 72.8 Å². The average molecular weight is 434 g/mol. The highest BCUT2D eigenvalue weighted by atomic mass is 16.6. The zero-order chi connectivity index (χ0) is 22.8. The summed E-state index contributed by atoms with van der Waals surface area (Å²) >= 11 is 0. The molecule has 0 saturated heterocycles. The van der Waals surface area contributed by atoms with E-state index in [9.17, 15) is 9.59 Å². The van der Waals surface area contributed by atoms with E-state index in [4.69, 9.17) is 14.2 Å². The Hall–Kier alpha value is -3.64. The number of carbonyl (C=O) groups is 2. The third kappa shape index (κ3) is 6.96. The zero-order valence-electron chi connectivity index (χ0n) is 18.3. The summed E-state index contributed by atoms with van der Waals surface area (Å²) < 4.78 is 15.8. The van der Waals surface area contributed by atoms with Crippen LogP contribution in [0.2, 0.25) is 0 Å². The number of aryl methyl sites for hydroxylation is 1. The van der Waals surface area contributed by atoms with Crippen LogP contribution < -0.4 is 10.1 Å². The second-order valence-corrected chi connectivity index (χ2v) is 7.14. The van der Waals surface area contributed by atoms with Crippen LogP contribution in [0, 0.1) is 6.92 Å². The number of hydrogen-bond acceptors (Lipinski definition) is 5. The van der Waals surface area contributed by atoms with Gasteiger partial charge in [0.15, 0.2) is 6.61 Å². The quantitative estimate of drug-likeness (QED) is 0.365. The first-order valence-electron chi connectivity index (χ1n) is 10.5. The van der Waals surface area contributed by atoms with E-state index in [1.165, 1.54) is 5.56 Å². The fourth-order valence-corrected chi connectivity index (χ4v) is 2.95. The molecule has 0 aliphatic heterocycles. The van der Waals surface area contributed by atoms with Gasteiger partial charge in [0.1, 0.15) is 12.4 Å². The van der Waals surface area contributed by atoms with E-state index >= 15 is 0 Å². The van der Waals surface area contributed by atoms with Gasteiger partial charge in [0, 0.05) is 12.3 Å². The number of ether oxygens (including phenoxy) is 3. The molecule has 0 unspecified atom stereocenters. The third-order valence-corrected chi connectivity index (χ3v) is 4.68. The molecule has 3 aromatic carbocycles. The van der Waals surface area contributed by atoms with Crippen molar-refractivity contribution in [2.45, 2.75) is 13.8 Å². The predicted octanol–water partition coefficient (Wildman–Crippen LogP) is 4.87. The Balaban J connectivity index is 1.45. The Labute approximate surface area is 188 Å². The van der Waals surface area contributed by atoms with Gasteiger partial charge in [-0.25, -0.2) is 4.79 Å². The topological polar surface area (TPSA) is 73.9 Å². The van der Waals surface area contributed by atoms with E-state index in [1.54, 1.807) is 24.3 Å². The molecule has 0 aliphatic carbocycles. The van der Waals surface area contributed by atoms with Gasteiger partial charge in [-0.2, -0.15) is 0 Å². The van der Waals surface area contributed by atoms with Gasteiger partial charge in [-0.15, -0.1) is 0 Å². The number of anilines is 1. The van der Waals surface area contributed by atoms with Crippen LogP contribution in [0.25, 0.3) is 11.1 Å². The van der Waals surface area contributed by atoms with Gasteiger partial charge in [-0.3, -0.25) is 4.79 Å². The van der Waals surface area contributed by atoms with Crippen LogP contribution in [0.3, 0.4) is 0 Å². The van der Waals surface area contributed by atoms with Gasteiger partial charge < -0.3 is 19.5 Å². The molecule has 0 spiro atoms. The van der Waals surface area contributed by atoms with Gasteiger partial charge in [0.25, 0.3) is 5.91 Å². The summed E-state index contributed by atoms with van der Waals surface area (Å²) in [5.74, 6) is -0.110. The van der Waals surface area contributed by atoms with Gasteiger partial charge in [0.2, 0.25) is 0 Å². The van der Waals surface area contributed by atoms with E-state index in [0.29, 0.717) is 30.2 Å². The van der Waals surface area contributed by atoms with Crippen molar-refractivity contribution in [2.75, 3.05) is 31.7 Å². The van der Waals surface area contributed by atoms with Gasteiger partial charge in [0.05, 0.1) is 12.2 Å². The van der Waals surface area contributed by atoms with Gasteiger partial charge in [-0.1, -0.05) is 42.0 Å². The molecule has 0 aliphatic rings. The lowest BCUT2D eigenvalue weighted by Crippen LogP contribution is -2.20. The molecule has 0 heterocycles. The van der Waals surface area contributed by atoms with E-state index in [1.807, 2.05) is 31.2 Å². The maximum absolute atomic E-state index is 12.2. The number of benzene rings is 3. The molecule has 6 heteroatoms. The molecule has 1 N–H and O–H groups in total. The third-order valence-electron chi connectivity index (χ3n) is 4.68. The molecular weight excluding hydrogens is 406 g/mol. The molecular formula is C26H27NO5. The molecule has 166 valence electrons. The molecule has 0 radical (unpaired) electrons. The Kier molecular flexibility index (Phi) is 8.40. The summed E-state index contributed by atoms with van der Waals surface area (Å²) in [6.07, 6.45) is 0. The fraction of sp³-hybridized carbons (Fsp3) is 0.231. The Morgan fingerprint density at radius 2 is 1.44 bits per heavy atom. The number of nitrogens with one attached hydrogen (secondary N) is 1. The largest absolute Gasteiger partial charge is 0.484 e. The van der Waals surface area contributed by atoms with Crippen molar-refractivity contribution < 1.29 is 23.8 Å². The van der Waals surface area contributed by atoms with Crippen LogP contribution in [-0.4, -0.2) is 38.3 Å². The standard InChI is InChI=1S/C26H27NO5/c1-3-30-16-17-31-26(29)22-8-12-23(13-9-22)27-25(28)18-32-24-14-10-21(11-15-24)20-6-4-19(2)5-7-20/h4-15H,3,16-18H2,1-2H3,(H,27,28). The Bertz CT molecular complexity index is 1010. The minimum Gasteiger partial charge on any atom is -0.484 e. The summed E-state index contributed by atoms with van der Waals surface area (Å²) in [7, 11) is 0. The second kappa shape index (κ2) is 11.7. The van der Waals surface area contributed by atoms with Gasteiger partial charge >= 0.3 is 5.97 Å². The minimum atomic E-state index is -0.431. The maximum Gasteiger partial charge on any atom is 0.338 e. The van der Waals surface area contributed by atoms with Crippen LogP contribution in [0.5, 0.6) is 5.75 Å². The number of carbonyl (C=O) groups excluding carboxylic acids is 2. The highest BCUT2D eigenvalue weighted by Gasteiger charge is 2.09. The van der Waals surface area contributed by atoms with Crippen molar-refractivity contribution in [3.8, 4) is 16.9 Å². The van der Waals surface area contributed by atoms with Crippen molar-refractivity contribution in [2.24, 2.45) is 0 Å². The first-order chi connectivity index (χ1) is 15.5. The highest BCUT2D eigenvalue weighted by molar-refractivity contribution is 5.93. The summed E-state index contributed by atoms with van der Waals surface area (Å²) in [4.78, 5) is 24.1. The molecule has 0 atom stereocenters. The number of esters is 1. The normalized spacial score (nSPS) is 10.4. The second-order valence-electron chi connectivity index (χ2n) is 7.14. The molecule has 6 nitrogen and oxygen atoms in total. The SMILES string of the molecule is CCOCCOC(=O)c1ccc(NC(=O)COc2ccc(-c3ccc(C)cc3)cc2)cc1. The smallest absolute Gasteiger partial charge is 0.338 e. The molecule has 1 amide bonds. The van der Waals surface area contributed by atoms with Crippen LogP contribution >= 0.6 is 0 Å². The summed E-state index contributed by atoms with van der Waals surface area (Å²) in [5, 5.41) is 2.74. The van der Waals surface area contributed by atoms with E-state index in [-0.39, 0.29) is 19.1 Å². The van der Waals surface area contributed by atoms with Crippen LogP contribution in [0.4, 0.5) is 5.69 Å². The molecule has 0 saturated carbocycles. The Morgan fingerprint density at radius 1 is 0.812 bits per heavy atom. The molecule has 0 bridgehead atoms. The highest BCUT2D eigenvalue weighted by Crippen LogP contribution is 2.22. The monoisotopic (exact) mass is 433 g/mol. The lowest BCUT2D eigenvalue weighted by atomic mass is 10.0. The number of amides is 1. The fourth-order valence-electron chi connectivity index (χ4n) is 2.95. The predicted molar refractivity (Wildman–Crippen MR) is 124 cm³/mol. The van der Waals surface area contributed by atoms with Crippen molar-refractivity contribution in [1.29, 1.82) is 0 Å². The zero-order valence-corrected chi connectivity index (χ0v) is 18.3. The maximum atomic E-state index is 12.2. The molecule has 0 aromatic heterocycles. The summed E-state index contributed by atoms with van der Waals surface area (Å²) in [6.45, 7) is 4.96. The molecule has 3 rings (SSSR count). The molecule has 0 fully saturated rings.